The highest BCUT2D eigenvalue weighted by Crippen LogP contribution is 2.57. The van der Waals surface area contributed by atoms with Crippen molar-refractivity contribution in [1.29, 1.82) is 5.26 Å². The van der Waals surface area contributed by atoms with Crippen LogP contribution in [0.2, 0.25) is 0 Å². The Morgan fingerprint density at radius 1 is 1.20 bits per heavy atom. The highest BCUT2D eigenvalue weighted by Gasteiger charge is 2.51. The molecule has 0 aromatic rings. The highest BCUT2D eigenvalue weighted by molar-refractivity contribution is 5.75. The summed E-state index contributed by atoms with van der Waals surface area (Å²) < 4.78 is 0. The summed E-state index contributed by atoms with van der Waals surface area (Å²) in [6.07, 6.45) is 8.66. The van der Waals surface area contributed by atoms with Crippen molar-refractivity contribution in [1.82, 2.24) is 0 Å². The summed E-state index contributed by atoms with van der Waals surface area (Å²) in [5.74, 6) is -0.625. The normalized spacial score (nSPS) is 39.1. The van der Waals surface area contributed by atoms with Crippen LogP contribution in [0.25, 0.3) is 0 Å². The fourth-order valence-corrected chi connectivity index (χ4v) is 3.00. The fraction of sp³-hybridized carbons (Fsp3) is 0.667. The van der Waals surface area contributed by atoms with Gasteiger partial charge in [-0.2, -0.15) is 5.26 Å². The van der Waals surface area contributed by atoms with Gasteiger partial charge in [0, 0.05) is 6.08 Å². The van der Waals surface area contributed by atoms with E-state index in [1.54, 1.807) is 6.08 Å². The Bertz CT molecular complexity index is 327. The van der Waals surface area contributed by atoms with Crippen LogP contribution in [0.15, 0.2) is 12.2 Å². The first-order chi connectivity index (χ1) is 7.13. The van der Waals surface area contributed by atoms with Crippen LogP contribution >= 0.6 is 0 Å². The summed E-state index contributed by atoms with van der Waals surface area (Å²) in [6, 6.07) is 2.03. The molecule has 0 atom stereocenters. The molecule has 3 saturated carbocycles. The number of hydrogen-bond acceptors (Lipinski definition) is 2. The molecule has 2 bridgehead atoms. The van der Waals surface area contributed by atoms with Crippen molar-refractivity contribution in [2.24, 2.45) is 10.8 Å². The minimum atomic E-state index is -0.625. The Hall–Kier alpha value is -1.30. The second-order valence-corrected chi connectivity index (χ2v) is 4.91. The number of fused-ring (bicyclic) bond motifs is 3. The van der Waals surface area contributed by atoms with Crippen LogP contribution in [0.4, 0.5) is 0 Å². The van der Waals surface area contributed by atoms with Crippen molar-refractivity contribution in [3.8, 4) is 6.07 Å². The first-order valence-electron chi connectivity index (χ1n) is 5.43. The predicted molar refractivity (Wildman–Crippen MR) is 55.0 cm³/mol. The molecule has 0 amide bonds. The maximum atomic E-state index is 11.2. The van der Waals surface area contributed by atoms with Gasteiger partial charge in [-0.15, -0.1) is 0 Å². The molecule has 0 aromatic carbocycles. The average molecular weight is 205 g/mol. The molecule has 1 N–H and O–H groups in total. The van der Waals surface area contributed by atoms with Crippen LogP contribution in [0.3, 0.4) is 0 Å². The van der Waals surface area contributed by atoms with Crippen molar-refractivity contribution in [2.45, 2.75) is 38.5 Å². The van der Waals surface area contributed by atoms with E-state index in [2.05, 4.69) is 0 Å². The third-order valence-corrected chi connectivity index (χ3v) is 4.27. The van der Waals surface area contributed by atoms with Gasteiger partial charge in [0.25, 0.3) is 0 Å². The molecule has 0 radical (unpaired) electrons. The summed E-state index contributed by atoms with van der Waals surface area (Å²) >= 11 is 0. The quantitative estimate of drug-likeness (QED) is 0.704. The molecule has 3 fully saturated rings. The number of aliphatic carboxylic acids is 1. The molecule has 0 heterocycles. The molecule has 0 aliphatic heterocycles. The van der Waals surface area contributed by atoms with Gasteiger partial charge in [0.05, 0.1) is 11.5 Å². The first-order valence-corrected chi connectivity index (χ1v) is 5.43. The Kier molecular flexibility index (Phi) is 2.30. The smallest absolute Gasteiger partial charge is 0.309 e. The predicted octanol–water partition coefficient (Wildman–Crippen LogP) is 2.49. The molecule has 3 aliphatic carbocycles. The maximum Gasteiger partial charge on any atom is 0.309 e. The molecular weight excluding hydrogens is 190 g/mol. The van der Waals surface area contributed by atoms with Gasteiger partial charge in [0.1, 0.15) is 0 Å². The summed E-state index contributed by atoms with van der Waals surface area (Å²) in [5, 5.41) is 17.7. The second-order valence-electron chi connectivity index (χ2n) is 4.91. The largest absolute Gasteiger partial charge is 0.481 e. The van der Waals surface area contributed by atoms with Crippen LogP contribution in [-0.2, 0) is 4.79 Å². The fourth-order valence-electron chi connectivity index (χ4n) is 3.00. The minimum Gasteiger partial charge on any atom is -0.481 e. The molecule has 0 unspecified atom stereocenters. The molecule has 0 saturated heterocycles. The number of carbonyl (C=O) groups is 1. The molecule has 3 rings (SSSR count). The maximum absolute atomic E-state index is 11.2. The van der Waals surface area contributed by atoms with Crippen molar-refractivity contribution in [3.63, 3.8) is 0 Å². The van der Waals surface area contributed by atoms with Gasteiger partial charge in [-0.25, -0.2) is 0 Å². The van der Waals surface area contributed by atoms with Crippen molar-refractivity contribution < 1.29 is 9.90 Å². The standard InChI is InChI=1S/C12H15NO2/c13-9-1-2-11-3-6-12(7-4-11,8-5-11)10(14)15/h1-2H,3-8H2,(H,14,15)/b2-1+. The number of allylic oxidation sites excluding steroid dienone is 2. The Balaban J connectivity index is 2.14. The highest BCUT2D eigenvalue weighted by atomic mass is 16.4. The summed E-state index contributed by atoms with van der Waals surface area (Å²) in [6.45, 7) is 0. The Morgan fingerprint density at radius 3 is 2.13 bits per heavy atom. The zero-order valence-corrected chi connectivity index (χ0v) is 8.70. The number of nitrogens with zero attached hydrogens (tertiary/aromatic N) is 1. The lowest BCUT2D eigenvalue weighted by molar-refractivity contribution is -0.157. The first kappa shape index (κ1) is 10.2. The van der Waals surface area contributed by atoms with Gasteiger partial charge in [0.2, 0.25) is 0 Å². The van der Waals surface area contributed by atoms with E-state index in [9.17, 15) is 9.90 Å². The van der Waals surface area contributed by atoms with Gasteiger partial charge in [-0.1, -0.05) is 6.08 Å². The molecule has 3 heteroatoms. The lowest BCUT2D eigenvalue weighted by Gasteiger charge is -2.50. The van der Waals surface area contributed by atoms with Crippen LogP contribution in [0.1, 0.15) is 38.5 Å². The van der Waals surface area contributed by atoms with Crippen molar-refractivity contribution >= 4 is 5.97 Å². The molecule has 0 aromatic heterocycles. The van der Waals surface area contributed by atoms with E-state index in [4.69, 9.17) is 5.26 Å². The van der Waals surface area contributed by atoms with Crippen LogP contribution in [0.5, 0.6) is 0 Å². The topological polar surface area (TPSA) is 61.1 Å². The third kappa shape index (κ3) is 1.54. The van der Waals surface area contributed by atoms with Crippen molar-refractivity contribution in [2.75, 3.05) is 0 Å². The van der Waals surface area contributed by atoms with Gasteiger partial charge in [-0.05, 0) is 43.9 Å². The van der Waals surface area contributed by atoms with E-state index in [0.717, 1.165) is 38.5 Å². The van der Waals surface area contributed by atoms with E-state index in [1.165, 1.54) is 0 Å². The molecular formula is C12H15NO2. The number of nitriles is 1. The lowest BCUT2D eigenvalue weighted by atomic mass is 9.54. The molecule has 80 valence electrons. The molecule has 3 nitrogen and oxygen atoms in total. The van der Waals surface area contributed by atoms with Crippen LogP contribution in [0, 0.1) is 22.2 Å². The van der Waals surface area contributed by atoms with Crippen LogP contribution < -0.4 is 0 Å². The van der Waals surface area contributed by atoms with Crippen LogP contribution in [-0.4, -0.2) is 11.1 Å². The monoisotopic (exact) mass is 205 g/mol. The molecule has 0 spiro atoms. The van der Waals surface area contributed by atoms with E-state index in [0.29, 0.717) is 0 Å². The summed E-state index contributed by atoms with van der Waals surface area (Å²) in [7, 11) is 0. The Labute approximate surface area is 89.4 Å². The van der Waals surface area contributed by atoms with E-state index < -0.39 is 11.4 Å². The Morgan fingerprint density at radius 2 is 1.73 bits per heavy atom. The minimum absolute atomic E-state index is 0.132. The summed E-state index contributed by atoms with van der Waals surface area (Å²) in [5.41, 5.74) is -0.310. The van der Waals surface area contributed by atoms with E-state index >= 15 is 0 Å². The summed E-state index contributed by atoms with van der Waals surface area (Å²) in [4.78, 5) is 11.2. The SMILES string of the molecule is N#C/C=C/C12CCC(C(=O)O)(CC1)CC2. The molecule has 15 heavy (non-hydrogen) atoms. The van der Waals surface area contributed by atoms with Crippen molar-refractivity contribution in [3.05, 3.63) is 12.2 Å². The van der Waals surface area contributed by atoms with Gasteiger partial charge in [-0.3, -0.25) is 4.79 Å². The second kappa shape index (κ2) is 3.37. The third-order valence-electron chi connectivity index (χ3n) is 4.27. The zero-order chi connectivity index (χ0) is 10.9. The number of carboxylic acid groups (broad SMARTS) is 1. The van der Waals surface area contributed by atoms with E-state index in [1.807, 2.05) is 12.1 Å². The number of rotatable bonds is 2. The zero-order valence-electron chi connectivity index (χ0n) is 8.70. The van der Waals surface area contributed by atoms with Gasteiger partial charge in [0.15, 0.2) is 0 Å². The molecule has 3 aliphatic rings. The van der Waals surface area contributed by atoms with Gasteiger partial charge >= 0.3 is 5.97 Å². The average Bonchev–Trinajstić information content (AvgIpc) is 2.29. The van der Waals surface area contributed by atoms with Gasteiger partial charge < -0.3 is 5.11 Å². The van der Waals surface area contributed by atoms with E-state index in [-0.39, 0.29) is 5.41 Å². The lowest BCUT2D eigenvalue weighted by Crippen LogP contribution is -2.45. The number of hydrogen-bond donors (Lipinski definition) is 1. The number of carboxylic acids is 1.